The molecule has 4 rings (SSSR count). The van der Waals surface area contributed by atoms with Crippen molar-refractivity contribution in [1.82, 2.24) is 19.8 Å². The van der Waals surface area contributed by atoms with E-state index in [1.54, 1.807) is 18.9 Å². The second-order valence-electron chi connectivity index (χ2n) is 10.7. The Labute approximate surface area is 225 Å². The van der Waals surface area contributed by atoms with Gasteiger partial charge in [-0.05, 0) is 28.2 Å². The minimum atomic E-state index is 0.182. The monoisotopic (exact) mass is 520 g/mol. The Kier molecular flexibility index (Phi) is 8.95. The summed E-state index contributed by atoms with van der Waals surface area (Å²) in [5.74, 6) is 2.58. The molecule has 0 amide bonds. The van der Waals surface area contributed by atoms with Crippen LogP contribution in [-0.2, 0) is 18.4 Å². The minimum absolute atomic E-state index is 0.182. The molecule has 1 aromatic heterocycles. The second kappa shape index (κ2) is 12.2. The smallest absolute Gasteiger partial charge is 0.191 e. The van der Waals surface area contributed by atoms with E-state index in [1.165, 1.54) is 11.1 Å². The number of ether oxygens (including phenoxy) is 1. The van der Waals surface area contributed by atoms with Gasteiger partial charge >= 0.3 is 0 Å². The van der Waals surface area contributed by atoms with Crippen molar-refractivity contribution in [2.24, 2.45) is 0 Å². The zero-order chi connectivity index (χ0) is 26.4. The van der Waals surface area contributed by atoms with Crippen LogP contribution in [0, 0.1) is 0 Å². The van der Waals surface area contributed by atoms with E-state index >= 15 is 0 Å². The molecular formula is C29H40N6OS. The van der Waals surface area contributed by atoms with Gasteiger partial charge in [0, 0.05) is 57.0 Å². The summed E-state index contributed by atoms with van der Waals surface area (Å²) in [7, 11) is 1.66. The van der Waals surface area contributed by atoms with E-state index in [0.717, 1.165) is 61.9 Å². The molecule has 0 bridgehead atoms. The number of anilines is 2. The maximum atomic E-state index is 6.29. The van der Waals surface area contributed by atoms with E-state index in [0.29, 0.717) is 23.2 Å². The van der Waals surface area contributed by atoms with Crippen molar-refractivity contribution in [2.75, 3.05) is 57.1 Å². The van der Waals surface area contributed by atoms with Crippen LogP contribution >= 0.6 is 11.8 Å². The molecule has 37 heavy (non-hydrogen) atoms. The van der Waals surface area contributed by atoms with Crippen LogP contribution in [0.25, 0.3) is 0 Å². The number of methoxy groups -OCH3 is 1. The fourth-order valence-electron chi connectivity index (χ4n) is 4.61. The van der Waals surface area contributed by atoms with E-state index in [9.17, 15) is 0 Å². The number of thioether (sulfide) groups is 1. The van der Waals surface area contributed by atoms with Crippen molar-refractivity contribution in [1.29, 1.82) is 0 Å². The van der Waals surface area contributed by atoms with E-state index in [-0.39, 0.29) is 5.41 Å². The Balaban J connectivity index is 1.24. The van der Waals surface area contributed by atoms with Crippen molar-refractivity contribution < 1.29 is 4.74 Å². The van der Waals surface area contributed by atoms with Crippen molar-refractivity contribution in [3.8, 4) is 5.75 Å². The topological polar surface area (TPSA) is 93.5 Å². The minimum Gasteiger partial charge on any atom is -0.496 e. The molecule has 3 aromatic rings. The van der Waals surface area contributed by atoms with Gasteiger partial charge in [0.25, 0.3) is 0 Å². The summed E-state index contributed by atoms with van der Waals surface area (Å²) in [6.07, 6.45) is 0.539. The van der Waals surface area contributed by atoms with Crippen LogP contribution in [0.4, 0.5) is 11.6 Å². The third kappa shape index (κ3) is 7.37. The number of piperazine rings is 1. The SMILES string of the molecule is COc1ccccc1Cc1c(N)nc(SCCN2CCN(Cc3cccc(C(C)(C)C)c3)CC2)nc1N. The molecular weight excluding hydrogens is 480 g/mol. The highest BCUT2D eigenvalue weighted by Crippen LogP contribution is 2.28. The lowest BCUT2D eigenvalue weighted by atomic mass is 9.86. The molecule has 2 aromatic carbocycles. The maximum absolute atomic E-state index is 6.29. The van der Waals surface area contributed by atoms with E-state index < -0.39 is 0 Å². The van der Waals surface area contributed by atoms with Gasteiger partial charge in [-0.25, -0.2) is 9.97 Å². The average Bonchev–Trinajstić information content (AvgIpc) is 2.87. The fourth-order valence-corrected chi connectivity index (χ4v) is 5.47. The first kappa shape index (κ1) is 27.2. The molecule has 7 nitrogen and oxygen atoms in total. The van der Waals surface area contributed by atoms with Crippen molar-refractivity contribution in [2.45, 2.75) is 44.3 Å². The normalized spacial score (nSPS) is 15.1. The summed E-state index contributed by atoms with van der Waals surface area (Å²) in [4.78, 5) is 14.1. The lowest BCUT2D eigenvalue weighted by Crippen LogP contribution is -2.46. The average molecular weight is 521 g/mol. The van der Waals surface area contributed by atoms with Gasteiger partial charge < -0.3 is 16.2 Å². The quantitative estimate of drug-likeness (QED) is 0.316. The number of hydrogen-bond donors (Lipinski definition) is 2. The van der Waals surface area contributed by atoms with E-state index in [4.69, 9.17) is 16.2 Å². The third-order valence-electron chi connectivity index (χ3n) is 6.91. The lowest BCUT2D eigenvalue weighted by Gasteiger charge is -2.34. The number of benzene rings is 2. The standard InChI is InChI=1S/C29H40N6OS/c1-29(2,3)23-10-7-8-21(18-23)20-35-14-12-34(13-15-35)16-17-37-28-32-26(30)24(27(31)33-28)19-22-9-5-6-11-25(22)36-4/h5-11,18H,12-17,19-20H2,1-4H3,(H4,30,31,32,33). The molecule has 0 unspecified atom stereocenters. The predicted octanol–water partition coefficient (Wildman–Crippen LogP) is 4.45. The van der Waals surface area contributed by atoms with Gasteiger partial charge in [-0.3, -0.25) is 9.80 Å². The van der Waals surface area contributed by atoms with Gasteiger partial charge in [0.2, 0.25) is 0 Å². The first-order chi connectivity index (χ1) is 17.7. The number of nitrogens with zero attached hydrogens (tertiary/aromatic N) is 4. The third-order valence-corrected chi connectivity index (χ3v) is 7.74. The van der Waals surface area contributed by atoms with Crippen LogP contribution in [0.1, 0.15) is 43.0 Å². The summed E-state index contributed by atoms with van der Waals surface area (Å²) >= 11 is 1.61. The Hall–Kier alpha value is -2.81. The zero-order valence-corrected chi connectivity index (χ0v) is 23.4. The molecule has 4 N–H and O–H groups in total. The highest BCUT2D eigenvalue weighted by molar-refractivity contribution is 7.99. The number of hydrogen-bond acceptors (Lipinski definition) is 8. The second-order valence-corrected chi connectivity index (χ2v) is 11.7. The fraction of sp³-hybridized carbons (Fsp3) is 0.448. The van der Waals surface area contributed by atoms with Gasteiger partial charge in [0.15, 0.2) is 5.16 Å². The van der Waals surface area contributed by atoms with Crippen molar-refractivity contribution in [3.05, 3.63) is 70.8 Å². The zero-order valence-electron chi connectivity index (χ0n) is 22.5. The molecule has 0 radical (unpaired) electrons. The van der Waals surface area contributed by atoms with E-state index in [2.05, 4.69) is 64.8 Å². The molecule has 1 fully saturated rings. The molecule has 1 aliphatic rings. The summed E-state index contributed by atoms with van der Waals surface area (Å²) in [5.41, 5.74) is 17.3. The van der Waals surface area contributed by atoms with Crippen molar-refractivity contribution in [3.63, 3.8) is 0 Å². The number of para-hydroxylation sites is 1. The number of nitrogen functional groups attached to an aromatic ring is 2. The molecule has 0 atom stereocenters. The van der Waals surface area contributed by atoms with Crippen LogP contribution in [0.15, 0.2) is 53.7 Å². The Morgan fingerprint density at radius 3 is 2.27 bits per heavy atom. The van der Waals surface area contributed by atoms with Crippen LogP contribution in [0.3, 0.4) is 0 Å². The predicted molar refractivity (Wildman–Crippen MR) is 154 cm³/mol. The molecule has 198 valence electrons. The Morgan fingerprint density at radius 1 is 0.919 bits per heavy atom. The van der Waals surface area contributed by atoms with Gasteiger partial charge in [-0.2, -0.15) is 0 Å². The van der Waals surface area contributed by atoms with Gasteiger partial charge in [0.05, 0.1) is 7.11 Å². The number of nitrogens with two attached hydrogens (primary N) is 2. The van der Waals surface area contributed by atoms with Crippen LogP contribution in [0.5, 0.6) is 5.75 Å². The van der Waals surface area contributed by atoms with Crippen LogP contribution < -0.4 is 16.2 Å². The van der Waals surface area contributed by atoms with Crippen LogP contribution in [0.2, 0.25) is 0 Å². The number of rotatable bonds is 9. The van der Waals surface area contributed by atoms with Crippen LogP contribution in [-0.4, -0.2) is 65.4 Å². The molecule has 8 heteroatoms. The Bertz CT molecular complexity index is 1160. The molecule has 1 saturated heterocycles. The molecule has 0 spiro atoms. The highest BCUT2D eigenvalue weighted by Gasteiger charge is 2.19. The first-order valence-corrected chi connectivity index (χ1v) is 13.9. The van der Waals surface area contributed by atoms with E-state index in [1.807, 2.05) is 24.3 Å². The van der Waals surface area contributed by atoms with Crippen molar-refractivity contribution >= 4 is 23.4 Å². The molecule has 0 saturated carbocycles. The molecule has 2 heterocycles. The Morgan fingerprint density at radius 2 is 1.59 bits per heavy atom. The summed E-state index contributed by atoms with van der Waals surface area (Å²) in [5, 5.41) is 0.635. The van der Waals surface area contributed by atoms with Gasteiger partial charge in [0.1, 0.15) is 17.4 Å². The first-order valence-electron chi connectivity index (χ1n) is 12.9. The summed E-state index contributed by atoms with van der Waals surface area (Å²) in [6, 6.07) is 16.9. The maximum Gasteiger partial charge on any atom is 0.191 e. The number of aromatic nitrogens is 2. The van der Waals surface area contributed by atoms with Gasteiger partial charge in [-0.15, -0.1) is 0 Å². The highest BCUT2D eigenvalue weighted by atomic mass is 32.2. The lowest BCUT2D eigenvalue weighted by molar-refractivity contribution is 0.132. The largest absolute Gasteiger partial charge is 0.496 e. The molecule has 0 aliphatic carbocycles. The summed E-state index contributed by atoms with van der Waals surface area (Å²) < 4.78 is 5.45. The summed E-state index contributed by atoms with van der Waals surface area (Å²) in [6.45, 7) is 13.1. The molecule has 1 aliphatic heterocycles. The van der Waals surface area contributed by atoms with Gasteiger partial charge in [-0.1, -0.05) is 75.0 Å².